The fourth-order valence-corrected chi connectivity index (χ4v) is 9.50. The van der Waals surface area contributed by atoms with Gasteiger partial charge in [0.2, 0.25) is 0 Å². The Morgan fingerprint density at radius 3 is 1.70 bits per heavy atom. The van der Waals surface area contributed by atoms with Crippen molar-refractivity contribution in [2.45, 2.75) is 0 Å². The van der Waals surface area contributed by atoms with Crippen LogP contribution in [0.3, 0.4) is 0 Å². The molecule has 0 aliphatic carbocycles. The number of pyridine rings is 4. The van der Waals surface area contributed by atoms with Gasteiger partial charge in [-0.15, -0.1) is 0 Å². The molecule has 326 valence electrons. The van der Waals surface area contributed by atoms with Gasteiger partial charge in [-0.25, -0.2) is 15.0 Å². The van der Waals surface area contributed by atoms with E-state index in [0.29, 0.717) is 17.5 Å². The second kappa shape index (κ2) is 17.2. The Morgan fingerprint density at radius 1 is 0.243 bits per heavy atom. The third-order valence-corrected chi connectivity index (χ3v) is 13.0. The Kier molecular flexibility index (Phi) is 10.0. The lowest BCUT2D eigenvalue weighted by atomic mass is 9.90. The molecule has 0 unspecified atom stereocenters. The van der Waals surface area contributed by atoms with Gasteiger partial charge in [0.05, 0.1) is 22.4 Å². The number of benzene rings is 8. The van der Waals surface area contributed by atoms with Gasteiger partial charge in [-0.05, 0) is 128 Å². The fourth-order valence-electron chi connectivity index (χ4n) is 9.50. The zero-order valence-corrected chi connectivity index (χ0v) is 37.6. The molecule has 0 fully saturated rings. The first-order chi connectivity index (χ1) is 34.6. The molecule has 0 N–H and O–H groups in total. The highest BCUT2D eigenvalue weighted by molar-refractivity contribution is 6.14. The highest BCUT2D eigenvalue weighted by Crippen LogP contribution is 2.40. The third-order valence-electron chi connectivity index (χ3n) is 13.0. The maximum absolute atomic E-state index is 5.32. The summed E-state index contributed by atoms with van der Waals surface area (Å²) in [7, 11) is 0. The maximum Gasteiger partial charge on any atom is 0.165 e. The highest BCUT2D eigenvalue weighted by atomic mass is 15.0. The molecule has 13 aromatic rings. The Morgan fingerprint density at radius 2 is 0.843 bits per heavy atom. The first kappa shape index (κ1) is 40.7. The third kappa shape index (κ3) is 7.67. The van der Waals surface area contributed by atoms with Crippen LogP contribution in [0.25, 0.3) is 133 Å². The van der Waals surface area contributed by atoms with Gasteiger partial charge in [0.1, 0.15) is 0 Å². The molecule has 7 heteroatoms. The summed E-state index contributed by atoms with van der Waals surface area (Å²) in [6.45, 7) is 0. The van der Waals surface area contributed by atoms with Gasteiger partial charge < -0.3 is 0 Å². The molecule has 0 bridgehead atoms. The van der Waals surface area contributed by atoms with Crippen molar-refractivity contribution in [3.05, 3.63) is 237 Å². The second-order valence-electron chi connectivity index (χ2n) is 17.4. The predicted octanol–water partition coefficient (Wildman–Crippen LogP) is 15.4. The minimum Gasteiger partial charge on any atom is -0.256 e. The van der Waals surface area contributed by atoms with Crippen LogP contribution in [0.1, 0.15) is 0 Å². The van der Waals surface area contributed by atoms with E-state index in [9.17, 15) is 0 Å². The lowest BCUT2D eigenvalue weighted by Gasteiger charge is -2.15. The first-order valence-corrected chi connectivity index (χ1v) is 23.3. The van der Waals surface area contributed by atoms with Gasteiger partial charge in [-0.2, -0.15) is 0 Å². The number of rotatable bonds is 8. The summed E-state index contributed by atoms with van der Waals surface area (Å²) in [5.74, 6) is 1.58. The monoisotopic (exact) mass is 893 g/mol. The van der Waals surface area contributed by atoms with Crippen molar-refractivity contribution >= 4 is 43.4 Å². The average Bonchev–Trinajstić information content (AvgIpc) is 3.44. The zero-order valence-electron chi connectivity index (χ0n) is 37.6. The molecule has 8 aromatic carbocycles. The van der Waals surface area contributed by atoms with Crippen molar-refractivity contribution in [3.63, 3.8) is 0 Å². The van der Waals surface area contributed by atoms with Crippen molar-refractivity contribution in [1.82, 2.24) is 34.9 Å². The van der Waals surface area contributed by atoms with E-state index in [1.54, 1.807) is 0 Å². The smallest absolute Gasteiger partial charge is 0.165 e. The van der Waals surface area contributed by atoms with Crippen LogP contribution in [0, 0.1) is 0 Å². The number of hydrogen-bond acceptors (Lipinski definition) is 7. The topological polar surface area (TPSA) is 90.2 Å². The molecule has 0 radical (unpaired) electrons. The molecule has 70 heavy (non-hydrogen) atoms. The SMILES string of the molecule is c1ccc(-c2cnc3cc(-c4cc(-c5nc(-c6ccc(-c7ccc8cccnc8c7)nc6)nc(-c6cccc(-c7ccccn7)c6)n5)cc(-c5cc6ccccc6c6ccccc56)c4)ccc3c2)cc1. The quantitative estimate of drug-likeness (QED) is 0.140. The van der Waals surface area contributed by atoms with Gasteiger partial charge in [0.15, 0.2) is 17.5 Å². The predicted molar refractivity (Wildman–Crippen MR) is 285 cm³/mol. The molecule has 0 saturated carbocycles. The van der Waals surface area contributed by atoms with Crippen LogP contribution in [0.5, 0.6) is 0 Å². The molecule has 0 aliphatic rings. The Hall–Kier alpha value is -9.59. The van der Waals surface area contributed by atoms with E-state index in [1.807, 2.05) is 79.4 Å². The lowest BCUT2D eigenvalue weighted by molar-refractivity contribution is 1.07. The Balaban J connectivity index is 1.00. The van der Waals surface area contributed by atoms with E-state index in [4.69, 9.17) is 24.9 Å². The van der Waals surface area contributed by atoms with E-state index in [1.165, 1.54) is 16.2 Å². The minimum absolute atomic E-state index is 0.509. The molecule has 7 nitrogen and oxygen atoms in total. The fraction of sp³-hybridized carbons (Fsp3) is 0. The largest absolute Gasteiger partial charge is 0.256 e. The van der Waals surface area contributed by atoms with Crippen molar-refractivity contribution in [2.24, 2.45) is 0 Å². The molecule has 0 amide bonds. The number of hydrogen-bond donors (Lipinski definition) is 0. The minimum atomic E-state index is 0.509. The number of fused-ring (bicyclic) bond motifs is 5. The average molecular weight is 894 g/mol. The standard InChI is InChI=1S/C63H39N7/c1-2-12-40(13-3-1)52-31-45-25-23-42(36-60(45)67-39-52)49-32-50(56-35-43-14-4-5-18-53(43)54-19-6-7-20-55(54)56)34-51(33-49)63-69-61(47-16-10-15-44(30-47)57-21-8-9-28-64-57)68-62(70-63)48-26-27-58(66-38-48)46-24-22-41-17-11-29-65-59(41)37-46/h1-39H. The van der Waals surface area contributed by atoms with E-state index < -0.39 is 0 Å². The summed E-state index contributed by atoms with van der Waals surface area (Å²) < 4.78 is 0. The normalized spacial score (nSPS) is 11.4. The summed E-state index contributed by atoms with van der Waals surface area (Å²) in [6.07, 6.45) is 7.43. The molecule has 13 rings (SSSR count). The van der Waals surface area contributed by atoms with Crippen molar-refractivity contribution in [3.8, 4) is 90.1 Å². The van der Waals surface area contributed by atoms with E-state index in [0.717, 1.165) is 99.8 Å². The molecule has 0 aliphatic heterocycles. The van der Waals surface area contributed by atoms with Crippen LogP contribution in [-0.2, 0) is 0 Å². The molecule has 0 saturated heterocycles. The van der Waals surface area contributed by atoms with Gasteiger partial charge in [-0.3, -0.25) is 19.9 Å². The van der Waals surface area contributed by atoms with E-state index >= 15 is 0 Å². The van der Waals surface area contributed by atoms with E-state index in [2.05, 4.69) is 168 Å². The Bertz CT molecular complexity index is 4120. The molecular weight excluding hydrogens is 855 g/mol. The lowest BCUT2D eigenvalue weighted by Crippen LogP contribution is -2.01. The van der Waals surface area contributed by atoms with Gasteiger partial charge in [0, 0.05) is 68.9 Å². The first-order valence-electron chi connectivity index (χ1n) is 23.3. The van der Waals surface area contributed by atoms with Crippen LogP contribution >= 0.6 is 0 Å². The summed E-state index contributed by atoms with van der Waals surface area (Å²) in [5, 5.41) is 6.88. The molecule has 0 atom stereocenters. The van der Waals surface area contributed by atoms with Crippen LogP contribution < -0.4 is 0 Å². The molecule has 5 heterocycles. The van der Waals surface area contributed by atoms with Crippen molar-refractivity contribution in [2.75, 3.05) is 0 Å². The Labute approximate surface area is 403 Å². The second-order valence-corrected chi connectivity index (χ2v) is 17.4. The van der Waals surface area contributed by atoms with Gasteiger partial charge in [-0.1, -0.05) is 133 Å². The molecular formula is C63H39N7. The van der Waals surface area contributed by atoms with Crippen LogP contribution in [0.4, 0.5) is 0 Å². The molecule has 0 spiro atoms. The van der Waals surface area contributed by atoms with Gasteiger partial charge in [0.25, 0.3) is 0 Å². The van der Waals surface area contributed by atoms with Crippen molar-refractivity contribution < 1.29 is 0 Å². The van der Waals surface area contributed by atoms with Gasteiger partial charge >= 0.3 is 0 Å². The molecule has 5 aromatic heterocycles. The van der Waals surface area contributed by atoms with Crippen LogP contribution in [-0.4, -0.2) is 34.9 Å². The maximum atomic E-state index is 5.32. The van der Waals surface area contributed by atoms with E-state index in [-0.39, 0.29) is 0 Å². The number of nitrogens with zero attached hydrogens (tertiary/aromatic N) is 7. The van der Waals surface area contributed by atoms with Crippen LogP contribution in [0.2, 0.25) is 0 Å². The highest BCUT2D eigenvalue weighted by Gasteiger charge is 2.18. The zero-order chi connectivity index (χ0) is 46.4. The van der Waals surface area contributed by atoms with Crippen LogP contribution in [0.15, 0.2) is 237 Å². The summed E-state index contributed by atoms with van der Waals surface area (Å²) in [5.41, 5.74) is 14.3. The number of aromatic nitrogens is 7. The summed E-state index contributed by atoms with van der Waals surface area (Å²) in [4.78, 5) is 35.0. The summed E-state index contributed by atoms with van der Waals surface area (Å²) in [6, 6.07) is 73.8. The van der Waals surface area contributed by atoms with Crippen molar-refractivity contribution in [1.29, 1.82) is 0 Å². The summed E-state index contributed by atoms with van der Waals surface area (Å²) >= 11 is 0.